The molecule has 8 heteroatoms. The number of halogens is 1. The van der Waals surface area contributed by atoms with Crippen molar-refractivity contribution in [2.24, 2.45) is 5.73 Å². The number of nitrogens with one attached hydrogen (secondary N) is 1. The number of aliphatic carboxylic acids is 1. The second-order valence-corrected chi connectivity index (χ2v) is 3.54. The highest BCUT2D eigenvalue weighted by Crippen LogP contribution is 2.15. The third-order valence-corrected chi connectivity index (χ3v) is 2.15. The average molecular weight is 289 g/mol. The fraction of sp³-hybridized carbons (Fsp3) is 0.182. The quantitative estimate of drug-likeness (QED) is 0.626. The predicted octanol–water partition coefficient (Wildman–Crippen LogP) is 0.547. The number of para-hydroxylation sites is 1. The molecule has 1 unspecified atom stereocenters. The number of benzene rings is 1. The van der Waals surface area contributed by atoms with Gasteiger partial charge in [0.25, 0.3) is 0 Å². The van der Waals surface area contributed by atoms with Gasteiger partial charge < -0.3 is 21.3 Å². The van der Waals surface area contributed by atoms with E-state index in [1.807, 2.05) is 0 Å². The van der Waals surface area contributed by atoms with Crippen molar-refractivity contribution in [1.29, 1.82) is 0 Å². The van der Waals surface area contributed by atoms with Crippen molar-refractivity contribution in [3.8, 4) is 0 Å². The second-order valence-electron chi connectivity index (χ2n) is 3.54. The summed E-state index contributed by atoms with van der Waals surface area (Å²) in [4.78, 5) is 32.8. The van der Waals surface area contributed by atoms with Crippen molar-refractivity contribution in [3.63, 3.8) is 0 Å². The van der Waals surface area contributed by atoms with Gasteiger partial charge in [-0.15, -0.1) is 12.4 Å². The SMILES string of the molecule is Cl.NC(CC(=O)O)C(=O)Nc1ccccc1C(=O)O. The molecule has 104 valence electrons. The van der Waals surface area contributed by atoms with Gasteiger partial charge in [-0.2, -0.15) is 0 Å². The molecule has 0 spiro atoms. The molecule has 1 aromatic carbocycles. The van der Waals surface area contributed by atoms with E-state index in [2.05, 4.69) is 5.32 Å². The number of hydrogen-bond acceptors (Lipinski definition) is 4. The fourth-order valence-electron chi connectivity index (χ4n) is 1.28. The molecule has 0 bridgehead atoms. The second kappa shape index (κ2) is 7.34. The smallest absolute Gasteiger partial charge is 0.337 e. The van der Waals surface area contributed by atoms with Crippen LogP contribution in [0.5, 0.6) is 0 Å². The number of nitrogens with two attached hydrogens (primary N) is 1. The van der Waals surface area contributed by atoms with E-state index in [9.17, 15) is 14.4 Å². The summed E-state index contributed by atoms with van der Waals surface area (Å²) in [6.45, 7) is 0. The van der Waals surface area contributed by atoms with Crippen LogP contribution in [0.1, 0.15) is 16.8 Å². The zero-order valence-electron chi connectivity index (χ0n) is 9.70. The topological polar surface area (TPSA) is 130 Å². The number of hydrogen-bond donors (Lipinski definition) is 4. The largest absolute Gasteiger partial charge is 0.481 e. The lowest BCUT2D eigenvalue weighted by Gasteiger charge is -2.11. The van der Waals surface area contributed by atoms with Gasteiger partial charge in [0.1, 0.15) is 0 Å². The molecule has 1 amide bonds. The molecular weight excluding hydrogens is 276 g/mol. The third-order valence-electron chi connectivity index (χ3n) is 2.15. The number of aromatic carboxylic acids is 1. The zero-order valence-corrected chi connectivity index (χ0v) is 10.5. The minimum absolute atomic E-state index is 0. The highest BCUT2D eigenvalue weighted by Gasteiger charge is 2.19. The number of carbonyl (C=O) groups is 3. The van der Waals surface area contributed by atoms with Crippen LogP contribution in [0.4, 0.5) is 5.69 Å². The maximum atomic E-state index is 11.5. The van der Waals surface area contributed by atoms with Crippen LogP contribution in [-0.2, 0) is 9.59 Å². The number of rotatable bonds is 5. The number of carbonyl (C=O) groups excluding carboxylic acids is 1. The van der Waals surface area contributed by atoms with Crippen molar-refractivity contribution in [1.82, 2.24) is 0 Å². The average Bonchev–Trinajstić information content (AvgIpc) is 2.28. The molecule has 0 fully saturated rings. The summed E-state index contributed by atoms with van der Waals surface area (Å²) in [6, 6.07) is 4.54. The molecule has 0 aliphatic carbocycles. The van der Waals surface area contributed by atoms with E-state index >= 15 is 0 Å². The zero-order chi connectivity index (χ0) is 13.7. The first-order chi connectivity index (χ1) is 8.41. The lowest BCUT2D eigenvalue weighted by molar-refractivity contribution is -0.138. The summed E-state index contributed by atoms with van der Waals surface area (Å²) in [5.74, 6) is -3.15. The van der Waals surface area contributed by atoms with E-state index in [0.29, 0.717) is 0 Å². The first-order valence-corrected chi connectivity index (χ1v) is 5.02. The van der Waals surface area contributed by atoms with Crippen LogP contribution in [0.25, 0.3) is 0 Å². The molecule has 0 radical (unpaired) electrons. The Balaban J connectivity index is 0.00000324. The minimum atomic E-state index is -1.23. The Hall–Kier alpha value is -2.12. The number of anilines is 1. The molecule has 0 saturated heterocycles. The third kappa shape index (κ3) is 4.94. The first-order valence-electron chi connectivity index (χ1n) is 5.02. The molecule has 5 N–H and O–H groups in total. The standard InChI is InChI=1S/C11H12N2O5.ClH/c12-7(5-9(14)15)10(16)13-8-4-2-1-3-6(8)11(17)18;/h1-4,7H,5,12H2,(H,13,16)(H,14,15)(H,17,18);1H. The summed E-state index contributed by atoms with van der Waals surface area (Å²) >= 11 is 0. The van der Waals surface area contributed by atoms with Gasteiger partial charge in [-0.05, 0) is 12.1 Å². The fourth-order valence-corrected chi connectivity index (χ4v) is 1.28. The Morgan fingerprint density at radius 2 is 1.79 bits per heavy atom. The van der Waals surface area contributed by atoms with Crippen molar-refractivity contribution in [3.05, 3.63) is 29.8 Å². The van der Waals surface area contributed by atoms with E-state index < -0.39 is 30.3 Å². The predicted molar refractivity (Wildman–Crippen MR) is 69.5 cm³/mol. The minimum Gasteiger partial charge on any atom is -0.481 e. The summed E-state index contributed by atoms with van der Waals surface area (Å²) in [5.41, 5.74) is 5.34. The van der Waals surface area contributed by atoms with Crippen LogP contribution in [0.3, 0.4) is 0 Å². The van der Waals surface area contributed by atoms with Crippen LogP contribution in [0, 0.1) is 0 Å². The van der Waals surface area contributed by atoms with Gasteiger partial charge in [0, 0.05) is 0 Å². The Morgan fingerprint density at radius 1 is 1.21 bits per heavy atom. The molecule has 0 saturated carbocycles. The van der Waals surface area contributed by atoms with Crippen molar-refractivity contribution in [2.75, 3.05) is 5.32 Å². The molecule has 1 rings (SSSR count). The van der Waals surface area contributed by atoms with Gasteiger partial charge in [-0.25, -0.2) is 4.79 Å². The number of carboxylic acids is 2. The van der Waals surface area contributed by atoms with Gasteiger partial charge in [-0.3, -0.25) is 9.59 Å². The van der Waals surface area contributed by atoms with E-state index in [0.717, 1.165) is 0 Å². The Bertz CT molecular complexity index is 492. The molecule has 19 heavy (non-hydrogen) atoms. The van der Waals surface area contributed by atoms with Crippen LogP contribution < -0.4 is 11.1 Å². The van der Waals surface area contributed by atoms with Crippen molar-refractivity contribution < 1.29 is 24.6 Å². The molecular formula is C11H13ClN2O5. The molecule has 1 aromatic rings. The van der Waals surface area contributed by atoms with E-state index in [-0.39, 0.29) is 23.7 Å². The summed E-state index contributed by atoms with van der Waals surface area (Å²) in [7, 11) is 0. The lowest BCUT2D eigenvalue weighted by Crippen LogP contribution is -2.37. The van der Waals surface area contributed by atoms with Gasteiger partial charge >= 0.3 is 11.9 Å². The van der Waals surface area contributed by atoms with Gasteiger partial charge in [0.05, 0.1) is 23.7 Å². The molecule has 0 aliphatic heterocycles. The van der Waals surface area contributed by atoms with E-state index in [1.54, 1.807) is 6.07 Å². The summed E-state index contributed by atoms with van der Waals surface area (Å²) in [6.07, 6.45) is -0.527. The van der Waals surface area contributed by atoms with E-state index in [1.165, 1.54) is 18.2 Å². The Kier molecular flexibility index (Phi) is 6.53. The van der Waals surface area contributed by atoms with Gasteiger partial charge in [0.2, 0.25) is 5.91 Å². The highest BCUT2D eigenvalue weighted by molar-refractivity contribution is 6.02. The van der Waals surface area contributed by atoms with Crippen LogP contribution in [-0.4, -0.2) is 34.1 Å². The summed E-state index contributed by atoms with van der Waals surface area (Å²) < 4.78 is 0. The molecule has 7 nitrogen and oxygen atoms in total. The maximum absolute atomic E-state index is 11.5. The summed E-state index contributed by atoms with van der Waals surface area (Å²) in [5, 5.41) is 19.7. The van der Waals surface area contributed by atoms with E-state index in [4.69, 9.17) is 15.9 Å². The molecule has 1 atom stereocenters. The highest BCUT2D eigenvalue weighted by atomic mass is 35.5. The molecule has 0 aliphatic rings. The monoisotopic (exact) mass is 288 g/mol. The van der Waals surface area contributed by atoms with Gasteiger partial charge in [-0.1, -0.05) is 12.1 Å². The number of amides is 1. The van der Waals surface area contributed by atoms with Gasteiger partial charge in [0.15, 0.2) is 0 Å². The van der Waals surface area contributed by atoms with Crippen LogP contribution in [0.15, 0.2) is 24.3 Å². The van der Waals surface area contributed by atoms with Crippen molar-refractivity contribution in [2.45, 2.75) is 12.5 Å². The normalized spacial score (nSPS) is 11.0. The van der Waals surface area contributed by atoms with Crippen LogP contribution in [0.2, 0.25) is 0 Å². The maximum Gasteiger partial charge on any atom is 0.337 e. The Morgan fingerprint density at radius 3 is 2.32 bits per heavy atom. The molecule has 0 heterocycles. The van der Waals surface area contributed by atoms with Crippen LogP contribution >= 0.6 is 12.4 Å². The number of carboxylic acid groups (broad SMARTS) is 2. The first kappa shape index (κ1) is 16.9. The molecule has 0 aromatic heterocycles. The van der Waals surface area contributed by atoms with Crippen molar-refractivity contribution >= 4 is 35.9 Å². The lowest BCUT2D eigenvalue weighted by atomic mass is 10.1. The Labute approximate surface area is 114 Å².